The standard InChI is InChI=1S/C20H20N6/c1-21-15-9-18-20(22-11-15)19(14-10-23-25(2)12-14)24-26(18)17-8-4-6-13-5-3-7-16(13)17/h4,6,8-12,21H,3,5,7H2,1-2H3. The van der Waals surface area contributed by atoms with Crippen LogP contribution in [0.5, 0.6) is 0 Å². The van der Waals surface area contributed by atoms with Gasteiger partial charge in [0.05, 0.1) is 29.3 Å². The van der Waals surface area contributed by atoms with E-state index in [9.17, 15) is 0 Å². The molecule has 1 aliphatic carbocycles. The molecular formula is C20H20N6. The lowest BCUT2D eigenvalue weighted by molar-refractivity contribution is 0.768. The van der Waals surface area contributed by atoms with E-state index in [1.807, 2.05) is 32.7 Å². The summed E-state index contributed by atoms with van der Waals surface area (Å²) in [6, 6.07) is 8.64. The van der Waals surface area contributed by atoms with Gasteiger partial charge in [-0.05, 0) is 42.5 Å². The Morgan fingerprint density at radius 2 is 2.08 bits per heavy atom. The van der Waals surface area contributed by atoms with Crippen molar-refractivity contribution in [2.75, 3.05) is 12.4 Å². The highest BCUT2D eigenvalue weighted by molar-refractivity contribution is 5.92. The Kier molecular flexibility index (Phi) is 3.31. The molecule has 3 heterocycles. The number of pyridine rings is 1. The van der Waals surface area contributed by atoms with Crippen molar-refractivity contribution >= 4 is 16.7 Å². The number of hydrogen-bond donors (Lipinski definition) is 1. The second-order valence-corrected chi connectivity index (χ2v) is 6.77. The predicted octanol–water partition coefficient (Wildman–Crippen LogP) is 3.35. The fraction of sp³-hybridized carbons (Fsp3) is 0.250. The molecule has 6 heteroatoms. The number of nitrogens with zero attached hydrogens (tertiary/aromatic N) is 5. The van der Waals surface area contributed by atoms with Crippen molar-refractivity contribution in [3.63, 3.8) is 0 Å². The Labute approximate surface area is 151 Å². The minimum Gasteiger partial charge on any atom is -0.387 e. The second-order valence-electron chi connectivity index (χ2n) is 6.77. The zero-order valence-electron chi connectivity index (χ0n) is 14.9. The minimum absolute atomic E-state index is 0.867. The molecule has 0 amide bonds. The maximum absolute atomic E-state index is 4.97. The molecule has 0 radical (unpaired) electrons. The summed E-state index contributed by atoms with van der Waals surface area (Å²) in [5, 5.41) is 12.5. The molecule has 5 rings (SSSR count). The van der Waals surface area contributed by atoms with Crippen LogP contribution in [0.15, 0.2) is 42.9 Å². The lowest BCUT2D eigenvalue weighted by Gasteiger charge is -2.10. The van der Waals surface area contributed by atoms with Crippen molar-refractivity contribution in [2.24, 2.45) is 7.05 Å². The highest BCUT2D eigenvalue weighted by Crippen LogP contribution is 2.33. The van der Waals surface area contributed by atoms with E-state index in [-0.39, 0.29) is 0 Å². The number of nitrogens with one attached hydrogen (secondary N) is 1. The van der Waals surface area contributed by atoms with Crippen LogP contribution in [0.25, 0.3) is 28.0 Å². The molecule has 0 fully saturated rings. The number of anilines is 1. The monoisotopic (exact) mass is 344 g/mol. The van der Waals surface area contributed by atoms with Crippen LogP contribution in [0, 0.1) is 0 Å². The molecule has 1 aromatic carbocycles. The van der Waals surface area contributed by atoms with Crippen molar-refractivity contribution in [3.8, 4) is 16.9 Å². The molecule has 0 atom stereocenters. The van der Waals surface area contributed by atoms with Gasteiger partial charge in [-0.15, -0.1) is 0 Å². The fourth-order valence-electron chi connectivity index (χ4n) is 3.85. The Morgan fingerprint density at radius 3 is 2.88 bits per heavy atom. The van der Waals surface area contributed by atoms with Crippen molar-refractivity contribution < 1.29 is 0 Å². The first-order chi connectivity index (χ1) is 12.7. The number of rotatable bonds is 3. The molecule has 0 saturated carbocycles. The van der Waals surface area contributed by atoms with E-state index in [2.05, 4.69) is 39.4 Å². The normalized spacial score (nSPS) is 13.3. The largest absolute Gasteiger partial charge is 0.387 e. The van der Waals surface area contributed by atoms with Crippen LogP contribution in [0.1, 0.15) is 17.5 Å². The van der Waals surface area contributed by atoms with Gasteiger partial charge in [-0.1, -0.05) is 12.1 Å². The zero-order valence-corrected chi connectivity index (χ0v) is 14.9. The predicted molar refractivity (Wildman–Crippen MR) is 103 cm³/mol. The summed E-state index contributed by atoms with van der Waals surface area (Å²) in [7, 11) is 3.82. The van der Waals surface area contributed by atoms with Crippen molar-refractivity contribution in [2.45, 2.75) is 19.3 Å². The lowest BCUT2D eigenvalue weighted by atomic mass is 10.1. The SMILES string of the molecule is CNc1cnc2c(-c3cnn(C)c3)nn(-c3cccc4c3CCC4)c2c1. The quantitative estimate of drug-likeness (QED) is 0.619. The van der Waals surface area contributed by atoms with Crippen LogP contribution in [-0.2, 0) is 19.9 Å². The molecule has 0 saturated heterocycles. The van der Waals surface area contributed by atoms with Crippen molar-refractivity contribution in [3.05, 3.63) is 54.0 Å². The third kappa shape index (κ3) is 2.22. The van der Waals surface area contributed by atoms with Gasteiger partial charge in [-0.3, -0.25) is 9.67 Å². The first kappa shape index (κ1) is 15.1. The van der Waals surface area contributed by atoms with Crippen LogP contribution >= 0.6 is 0 Å². The fourth-order valence-corrected chi connectivity index (χ4v) is 3.85. The van der Waals surface area contributed by atoms with Gasteiger partial charge >= 0.3 is 0 Å². The molecule has 0 aliphatic heterocycles. The van der Waals surface area contributed by atoms with Gasteiger partial charge in [0.15, 0.2) is 0 Å². The molecule has 0 unspecified atom stereocenters. The van der Waals surface area contributed by atoms with Gasteiger partial charge in [-0.25, -0.2) is 4.68 Å². The number of benzene rings is 1. The Bertz CT molecular complexity index is 1120. The maximum atomic E-state index is 4.97. The molecule has 130 valence electrons. The maximum Gasteiger partial charge on any atom is 0.122 e. The zero-order chi connectivity index (χ0) is 17.7. The van der Waals surface area contributed by atoms with Crippen LogP contribution in [0.4, 0.5) is 5.69 Å². The molecule has 26 heavy (non-hydrogen) atoms. The lowest BCUT2D eigenvalue weighted by Crippen LogP contribution is -2.02. The Morgan fingerprint density at radius 1 is 1.15 bits per heavy atom. The first-order valence-corrected chi connectivity index (χ1v) is 8.91. The number of aromatic nitrogens is 5. The summed E-state index contributed by atoms with van der Waals surface area (Å²) < 4.78 is 3.85. The van der Waals surface area contributed by atoms with E-state index < -0.39 is 0 Å². The summed E-state index contributed by atoms with van der Waals surface area (Å²) in [6.45, 7) is 0. The number of aryl methyl sites for hydroxylation is 2. The molecule has 3 aromatic heterocycles. The highest BCUT2D eigenvalue weighted by atomic mass is 15.3. The van der Waals surface area contributed by atoms with E-state index in [1.54, 1.807) is 4.68 Å². The smallest absolute Gasteiger partial charge is 0.122 e. The summed E-state index contributed by atoms with van der Waals surface area (Å²) in [5.41, 5.74) is 8.74. The summed E-state index contributed by atoms with van der Waals surface area (Å²) in [6.07, 6.45) is 9.14. The van der Waals surface area contributed by atoms with Crippen LogP contribution in [0.2, 0.25) is 0 Å². The van der Waals surface area contributed by atoms with Crippen LogP contribution < -0.4 is 5.32 Å². The molecular weight excluding hydrogens is 324 g/mol. The second kappa shape index (κ2) is 5.69. The topological polar surface area (TPSA) is 60.6 Å². The van der Waals surface area contributed by atoms with Gasteiger partial charge in [0.2, 0.25) is 0 Å². The average molecular weight is 344 g/mol. The molecule has 4 aromatic rings. The summed E-state index contributed by atoms with van der Waals surface area (Å²) in [4.78, 5) is 4.69. The van der Waals surface area contributed by atoms with E-state index in [0.717, 1.165) is 46.5 Å². The molecule has 0 spiro atoms. The van der Waals surface area contributed by atoms with E-state index in [0.29, 0.717) is 0 Å². The molecule has 6 nitrogen and oxygen atoms in total. The van der Waals surface area contributed by atoms with Crippen LogP contribution in [-0.4, -0.2) is 31.6 Å². The number of hydrogen-bond acceptors (Lipinski definition) is 4. The van der Waals surface area contributed by atoms with Gasteiger partial charge in [0, 0.05) is 25.9 Å². The van der Waals surface area contributed by atoms with Crippen LogP contribution in [0.3, 0.4) is 0 Å². The van der Waals surface area contributed by atoms with E-state index >= 15 is 0 Å². The van der Waals surface area contributed by atoms with Crippen molar-refractivity contribution in [1.82, 2.24) is 24.5 Å². The van der Waals surface area contributed by atoms with Crippen molar-refractivity contribution in [1.29, 1.82) is 0 Å². The van der Waals surface area contributed by atoms with Gasteiger partial charge in [0.1, 0.15) is 11.2 Å². The van der Waals surface area contributed by atoms with Gasteiger partial charge in [0.25, 0.3) is 0 Å². The van der Waals surface area contributed by atoms with Gasteiger partial charge in [-0.2, -0.15) is 10.2 Å². The van der Waals surface area contributed by atoms with Gasteiger partial charge < -0.3 is 5.32 Å². The van der Waals surface area contributed by atoms with E-state index in [4.69, 9.17) is 10.1 Å². The molecule has 0 bridgehead atoms. The third-order valence-corrected chi connectivity index (χ3v) is 5.14. The molecule has 1 N–H and O–H groups in total. The summed E-state index contributed by atoms with van der Waals surface area (Å²) in [5.74, 6) is 0. The first-order valence-electron chi connectivity index (χ1n) is 8.91. The molecule has 1 aliphatic rings. The minimum atomic E-state index is 0.867. The highest BCUT2D eigenvalue weighted by Gasteiger charge is 2.21. The Balaban J connectivity index is 1.81. The number of fused-ring (bicyclic) bond motifs is 2. The summed E-state index contributed by atoms with van der Waals surface area (Å²) >= 11 is 0. The third-order valence-electron chi connectivity index (χ3n) is 5.14. The average Bonchev–Trinajstić information content (AvgIpc) is 3.38. The van der Waals surface area contributed by atoms with E-state index in [1.165, 1.54) is 17.5 Å². The Hall–Kier alpha value is -3.15.